The Balaban J connectivity index is 1.01. The molecule has 0 radical (unpaired) electrons. The lowest BCUT2D eigenvalue weighted by atomic mass is 9.82. The van der Waals surface area contributed by atoms with Crippen LogP contribution in [-0.2, 0) is 23.8 Å². The Labute approximate surface area is 357 Å². The van der Waals surface area contributed by atoms with E-state index in [2.05, 4.69) is 57.0 Å². The quantitative estimate of drug-likeness (QED) is 0.112. The lowest BCUT2D eigenvalue weighted by Gasteiger charge is -2.29. The van der Waals surface area contributed by atoms with E-state index in [9.17, 15) is 19.2 Å². The topological polar surface area (TPSA) is 184 Å². The number of nitrogens with one attached hydrogen (secondary N) is 4. The Morgan fingerprint density at radius 2 is 1.28 bits per heavy atom. The number of nitrogens with zero attached hydrogens (tertiary/aromatic N) is 4. The molecule has 8 rings (SSSR count). The lowest BCUT2D eigenvalue weighted by molar-refractivity contribution is -0.135. The number of alkyl carbamates (subject to hydrolysis) is 2. The van der Waals surface area contributed by atoms with Crippen molar-refractivity contribution in [3.63, 3.8) is 0 Å². The summed E-state index contributed by atoms with van der Waals surface area (Å²) in [5, 5.41) is 4.83. The molecule has 2 bridgehead atoms. The van der Waals surface area contributed by atoms with Crippen LogP contribution in [0.1, 0.15) is 92.7 Å². The number of fused-ring (bicyclic) bond motifs is 5. The van der Waals surface area contributed by atoms with Crippen molar-refractivity contribution in [1.29, 1.82) is 0 Å². The zero-order chi connectivity index (χ0) is 42.2. The van der Waals surface area contributed by atoms with Crippen LogP contribution in [0.15, 0.2) is 48.8 Å². The molecule has 0 saturated carbocycles. The van der Waals surface area contributed by atoms with E-state index in [-0.39, 0.29) is 46.6 Å². The molecular weight excluding hydrogens is 805 g/mol. The molecule has 2 aromatic carbocycles. The molecule has 4 N–H and O–H groups in total. The van der Waals surface area contributed by atoms with Gasteiger partial charge in [-0.1, -0.05) is 64.1 Å². The van der Waals surface area contributed by atoms with Crippen molar-refractivity contribution < 1.29 is 33.4 Å². The van der Waals surface area contributed by atoms with Crippen LogP contribution in [0, 0.1) is 11.8 Å². The molecule has 4 aliphatic rings. The Hall–Kier alpha value is -5.00. The maximum Gasteiger partial charge on any atom is 0.407 e. The summed E-state index contributed by atoms with van der Waals surface area (Å²) in [6.07, 6.45) is 4.80. The van der Waals surface area contributed by atoms with Crippen molar-refractivity contribution in [3.8, 4) is 33.6 Å². The highest BCUT2D eigenvalue weighted by molar-refractivity contribution is 8.00. The molecule has 4 aromatic rings. The Morgan fingerprint density at radius 1 is 0.750 bits per heavy atom. The first-order valence-electron chi connectivity index (χ1n) is 20.5. The predicted molar refractivity (Wildman–Crippen MR) is 230 cm³/mol. The molecule has 3 saturated heterocycles. The molecule has 6 heterocycles. The zero-order valence-electron chi connectivity index (χ0n) is 34.7. The third-order valence-corrected chi connectivity index (χ3v) is 14.1. The highest BCUT2D eigenvalue weighted by atomic mass is 32.2. The van der Waals surface area contributed by atoms with Gasteiger partial charge in [0.15, 0.2) is 0 Å². The van der Waals surface area contributed by atoms with Gasteiger partial charge in [-0.05, 0) is 58.9 Å². The summed E-state index contributed by atoms with van der Waals surface area (Å²) < 4.78 is 16.1. The number of benzene rings is 2. The van der Waals surface area contributed by atoms with Crippen molar-refractivity contribution >= 4 is 47.5 Å². The highest BCUT2D eigenvalue weighted by Crippen LogP contribution is 2.56. The average molecular weight is 857 g/mol. The van der Waals surface area contributed by atoms with Gasteiger partial charge < -0.3 is 44.6 Å². The molecule has 6 unspecified atom stereocenters. The average Bonchev–Trinajstić information content (AvgIpc) is 4.11. The first-order chi connectivity index (χ1) is 28.9. The summed E-state index contributed by atoms with van der Waals surface area (Å²) in [5.41, 5.74) is 8.34. The fraction of sp³-hybridized carbons (Fsp3) is 0.488. The summed E-state index contributed by atoms with van der Waals surface area (Å²) in [6, 6.07) is 11.3. The van der Waals surface area contributed by atoms with Gasteiger partial charge in [0.25, 0.3) is 0 Å². The molecule has 0 aliphatic carbocycles. The Bertz CT molecular complexity index is 2240. The van der Waals surface area contributed by atoms with Crippen molar-refractivity contribution in [2.75, 3.05) is 38.8 Å². The Kier molecular flexibility index (Phi) is 12.2. The number of hydrogen-bond acceptors (Lipinski definition) is 11. The van der Waals surface area contributed by atoms with Gasteiger partial charge in [0, 0.05) is 30.2 Å². The van der Waals surface area contributed by atoms with Gasteiger partial charge in [0.2, 0.25) is 11.8 Å². The lowest BCUT2D eigenvalue weighted by Crippen LogP contribution is -2.51. The predicted octanol–water partition coefficient (Wildman–Crippen LogP) is 7.34. The molecule has 15 nitrogen and oxygen atoms in total. The van der Waals surface area contributed by atoms with Crippen molar-refractivity contribution in [1.82, 2.24) is 40.4 Å². The fourth-order valence-corrected chi connectivity index (χ4v) is 11.1. The number of hydrogen-bond donors (Lipinski definition) is 4. The molecule has 60 heavy (non-hydrogen) atoms. The molecule has 4 amide bonds. The van der Waals surface area contributed by atoms with Crippen LogP contribution in [0.25, 0.3) is 33.6 Å². The van der Waals surface area contributed by atoms with Gasteiger partial charge >= 0.3 is 12.2 Å². The van der Waals surface area contributed by atoms with Crippen LogP contribution in [0.2, 0.25) is 0 Å². The van der Waals surface area contributed by atoms with Crippen LogP contribution in [0.3, 0.4) is 0 Å². The second-order valence-corrected chi connectivity index (χ2v) is 18.7. The van der Waals surface area contributed by atoms with Gasteiger partial charge in [-0.2, -0.15) is 0 Å². The molecule has 4 aliphatic heterocycles. The van der Waals surface area contributed by atoms with Crippen LogP contribution in [0.5, 0.6) is 0 Å². The number of aromatic nitrogens is 4. The summed E-state index contributed by atoms with van der Waals surface area (Å²) in [6.45, 7) is 8.95. The number of rotatable bonds is 12. The van der Waals surface area contributed by atoms with Gasteiger partial charge in [0.1, 0.15) is 34.5 Å². The minimum Gasteiger partial charge on any atom is -0.453 e. The largest absolute Gasteiger partial charge is 0.453 e. The molecule has 3 fully saturated rings. The van der Waals surface area contributed by atoms with Crippen molar-refractivity contribution in [2.24, 2.45) is 11.8 Å². The van der Waals surface area contributed by atoms with Gasteiger partial charge in [-0.15, -0.1) is 23.5 Å². The van der Waals surface area contributed by atoms with Crippen molar-refractivity contribution in [3.05, 3.63) is 71.6 Å². The molecule has 0 spiro atoms. The molecular formula is C43H52N8O7S2. The number of aromatic amines is 2. The molecule has 17 heteroatoms. The SMILES string of the molecule is COC(=O)NC(CC(C)C)C(=O)N1CCSC1c1ncc(-c2ccc(-c3ccc(-c4cnc(C5SCCN5C(=O)C(NC(=O)OC)C(C)C)[nH]4)cc3)c3c2C2CCC3O2)[nH]1. The molecule has 318 valence electrons. The van der Waals surface area contributed by atoms with Gasteiger partial charge in [-0.3, -0.25) is 9.59 Å². The van der Waals surface area contributed by atoms with E-state index in [1.165, 1.54) is 25.3 Å². The van der Waals surface area contributed by atoms with E-state index in [0.717, 1.165) is 58.0 Å². The third kappa shape index (κ3) is 8.10. The van der Waals surface area contributed by atoms with Crippen LogP contribution in [-0.4, -0.2) is 105 Å². The van der Waals surface area contributed by atoms with Gasteiger partial charge in [0.05, 0.1) is 50.2 Å². The summed E-state index contributed by atoms with van der Waals surface area (Å²) in [7, 11) is 2.59. The minimum absolute atomic E-state index is 0.00330. The monoisotopic (exact) mass is 856 g/mol. The first kappa shape index (κ1) is 41.7. The Morgan fingerprint density at radius 3 is 1.88 bits per heavy atom. The molecule has 6 atom stereocenters. The van der Waals surface area contributed by atoms with Crippen LogP contribution >= 0.6 is 23.5 Å². The van der Waals surface area contributed by atoms with Crippen LogP contribution in [0.4, 0.5) is 9.59 Å². The third-order valence-electron chi connectivity index (χ3n) is 11.6. The standard InChI is InChI=1S/C43H52N8O7S2/c1-22(2)19-28(48-42(54)56-5)38(52)50-15-17-59-40(50)37-45-21-30(47-37)27-12-11-26(33-31-13-14-32(58-31)34(27)33)24-7-9-25(10-8-24)29-20-44-36(46-29)41-51(16-18-60-41)39(53)35(23(3)4)49-43(55)57-6/h7-12,20-23,28,31-32,35,40-41H,13-19H2,1-6H3,(H,44,46)(H,45,47)(H,48,54)(H,49,55). The summed E-state index contributed by atoms with van der Waals surface area (Å²) in [4.78, 5) is 71.7. The number of ether oxygens (including phenoxy) is 3. The van der Waals surface area contributed by atoms with E-state index in [0.29, 0.717) is 31.2 Å². The number of H-pyrrole nitrogens is 2. The maximum atomic E-state index is 13.8. The highest BCUT2D eigenvalue weighted by Gasteiger charge is 2.43. The number of methoxy groups -OCH3 is 2. The fourth-order valence-electron chi connectivity index (χ4n) is 8.73. The van der Waals surface area contributed by atoms with Crippen LogP contribution < -0.4 is 10.6 Å². The van der Waals surface area contributed by atoms with E-state index >= 15 is 0 Å². The van der Waals surface area contributed by atoms with E-state index < -0.39 is 24.3 Å². The number of imidazole rings is 2. The zero-order valence-corrected chi connectivity index (χ0v) is 36.3. The van der Waals surface area contributed by atoms with E-state index in [1.807, 2.05) is 33.9 Å². The number of carbonyl (C=O) groups is 4. The number of amides is 4. The smallest absolute Gasteiger partial charge is 0.407 e. The normalized spacial score (nSPS) is 21.7. The van der Waals surface area contributed by atoms with E-state index in [4.69, 9.17) is 24.2 Å². The summed E-state index contributed by atoms with van der Waals surface area (Å²) in [5.74, 6) is 2.67. The van der Waals surface area contributed by atoms with Gasteiger partial charge in [-0.25, -0.2) is 19.6 Å². The van der Waals surface area contributed by atoms with E-state index in [1.54, 1.807) is 39.5 Å². The molecule has 2 aromatic heterocycles. The van der Waals surface area contributed by atoms with Crippen molar-refractivity contribution in [2.45, 2.75) is 82.0 Å². The minimum atomic E-state index is -0.709. The second-order valence-electron chi connectivity index (χ2n) is 16.3. The number of thioether (sulfide) groups is 2. The second kappa shape index (κ2) is 17.5. The maximum absolute atomic E-state index is 13.8. The summed E-state index contributed by atoms with van der Waals surface area (Å²) >= 11 is 3.29. The first-order valence-corrected chi connectivity index (χ1v) is 22.6. The number of carbonyl (C=O) groups excluding carboxylic acids is 4.